The van der Waals surface area contributed by atoms with Crippen LogP contribution in [0, 0.1) is 17.7 Å². The van der Waals surface area contributed by atoms with Crippen molar-refractivity contribution >= 4 is 15.7 Å². The number of hydrogen-bond acceptors (Lipinski definition) is 4. The molecule has 5 nitrogen and oxygen atoms in total. The van der Waals surface area contributed by atoms with Crippen molar-refractivity contribution in [1.82, 2.24) is 0 Å². The highest BCUT2D eigenvalue weighted by molar-refractivity contribution is 7.92. The van der Waals surface area contributed by atoms with E-state index < -0.39 is 15.8 Å². The predicted molar refractivity (Wildman–Crippen MR) is 74.3 cm³/mol. The summed E-state index contributed by atoms with van der Waals surface area (Å²) >= 11 is 0. The summed E-state index contributed by atoms with van der Waals surface area (Å²) in [5.74, 6) is 3.94. The summed E-state index contributed by atoms with van der Waals surface area (Å²) < 4.78 is 44.1. The summed E-state index contributed by atoms with van der Waals surface area (Å²) in [6.45, 7) is 1.90. The highest BCUT2D eigenvalue weighted by Crippen LogP contribution is 2.16. The molecule has 20 heavy (non-hydrogen) atoms. The molecule has 0 atom stereocenters. The number of hydrogen-bond donors (Lipinski definition) is 2. The molecule has 0 aromatic heterocycles. The highest BCUT2D eigenvalue weighted by Gasteiger charge is 2.13. The third-order valence-corrected chi connectivity index (χ3v) is 3.48. The van der Waals surface area contributed by atoms with Crippen LogP contribution in [0.4, 0.5) is 10.1 Å². The van der Waals surface area contributed by atoms with Crippen LogP contribution in [0.1, 0.15) is 12.5 Å². The summed E-state index contributed by atoms with van der Waals surface area (Å²) in [6.07, 6.45) is 0. The van der Waals surface area contributed by atoms with Crippen LogP contribution in [-0.2, 0) is 14.8 Å². The maximum absolute atomic E-state index is 13.7. The summed E-state index contributed by atoms with van der Waals surface area (Å²) in [4.78, 5) is 0. The first-order valence-corrected chi connectivity index (χ1v) is 7.61. The van der Waals surface area contributed by atoms with E-state index in [4.69, 9.17) is 9.84 Å². The Bertz CT molecular complexity index is 605. The van der Waals surface area contributed by atoms with Gasteiger partial charge >= 0.3 is 0 Å². The van der Waals surface area contributed by atoms with Crippen LogP contribution in [0.2, 0.25) is 0 Å². The third-order valence-electron chi connectivity index (χ3n) is 2.25. The van der Waals surface area contributed by atoms with Crippen LogP contribution in [-0.4, -0.2) is 39.1 Å². The van der Waals surface area contributed by atoms with Crippen LogP contribution < -0.4 is 4.72 Å². The van der Waals surface area contributed by atoms with Crippen molar-refractivity contribution in [2.24, 2.45) is 0 Å². The van der Waals surface area contributed by atoms with E-state index in [9.17, 15) is 12.8 Å². The highest BCUT2D eigenvalue weighted by atomic mass is 32.2. The molecule has 0 amide bonds. The molecule has 0 saturated carbocycles. The fourth-order valence-electron chi connectivity index (χ4n) is 1.35. The molecular weight excluding hydrogens is 285 g/mol. The van der Waals surface area contributed by atoms with Gasteiger partial charge < -0.3 is 9.84 Å². The van der Waals surface area contributed by atoms with Gasteiger partial charge in [-0.25, -0.2) is 12.8 Å². The lowest BCUT2D eigenvalue weighted by atomic mass is 10.2. The number of ether oxygens (including phenoxy) is 1. The molecule has 0 aliphatic carbocycles. The molecule has 7 heteroatoms. The Morgan fingerprint density at radius 1 is 1.45 bits per heavy atom. The topological polar surface area (TPSA) is 75.6 Å². The number of benzene rings is 1. The number of nitrogens with one attached hydrogen (secondary N) is 1. The smallest absolute Gasteiger partial charge is 0.235 e. The van der Waals surface area contributed by atoms with E-state index in [0.29, 0.717) is 12.2 Å². The molecule has 0 saturated heterocycles. The largest absolute Gasteiger partial charge is 0.384 e. The van der Waals surface area contributed by atoms with Gasteiger partial charge in [-0.3, -0.25) is 4.72 Å². The van der Waals surface area contributed by atoms with Gasteiger partial charge in [0, 0.05) is 12.2 Å². The van der Waals surface area contributed by atoms with E-state index in [2.05, 4.69) is 16.6 Å². The maximum Gasteiger partial charge on any atom is 0.235 e. The minimum Gasteiger partial charge on any atom is -0.384 e. The molecule has 0 aliphatic rings. The SMILES string of the molecule is CCOCCS(=O)(=O)Nc1ccc(C#CCO)cc1F. The Kier molecular flexibility index (Phi) is 6.45. The van der Waals surface area contributed by atoms with Gasteiger partial charge in [-0.05, 0) is 25.1 Å². The molecule has 0 bridgehead atoms. The monoisotopic (exact) mass is 301 g/mol. The fraction of sp³-hybridized carbons (Fsp3) is 0.385. The van der Waals surface area contributed by atoms with Crippen molar-refractivity contribution in [3.63, 3.8) is 0 Å². The number of aliphatic hydroxyl groups is 1. The van der Waals surface area contributed by atoms with Crippen molar-refractivity contribution in [2.75, 3.05) is 30.3 Å². The minimum absolute atomic E-state index is 0.0491. The van der Waals surface area contributed by atoms with Crippen molar-refractivity contribution in [2.45, 2.75) is 6.92 Å². The van der Waals surface area contributed by atoms with E-state index in [1.165, 1.54) is 12.1 Å². The van der Waals surface area contributed by atoms with Crippen LogP contribution in [0.5, 0.6) is 0 Å². The van der Waals surface area contributed by atoms with E-state index in [0.717, 1.165) is 6.07 Å². The molecule has 1 rings (SSSR count). The van der Waals surface area contributed by atoms with Gasteiger partial charge in [-0.1, -0.05) is 11.8 Å². The van der Waals surface area contributed by atoms with Crippen LogP contribution in [0.25, 0.3) is 0 Å². The molecule has 1 aromatic rings. The second kappa shape index (κ2) is 7.85. The molecular formula is C13H16FNO4S. The van der Waals surface area contributed by atoms with Crippen LogP contribution in [0.15, 0.2) is 18.2 Å². The summed E-state index contributed by atoms with van der Waals surface area (Å²) in [5, 5.41) is 8.54. The molecule has 0 heterocycles. The Morgan fingerprint density at radius 3 is 2.80 bits per heavy atom. The molecule has 0 spiro atoms. The van der Waals surface area contributed by atoms with Crippen LogP contribution in [0.3, 0.4) is 0 Å². The Hall–Kier alpha value is -1.62. The lowest BCUT2D eigenvalue weighted by molar-refractivity contribution is 0.163. The Balaban J connectivity index is 2.78. The average Bonchev–Trinajstić information content (AvgIpc) is 2.39. The third kappa shape index (κ3) is 5.57. The van der Waals surface area contributed by atoms with Crippen molar-refractivity contribution in [3.05, 3.63) is 29.6 Å². The van der Waals surface area contributed by atoms with Crippen molar-refractivity contribution < 1.29 is 22.7 Å². The summed E-state index contributed by atoms with van der Waals surface area (Å²) in [5.41, 5.74) is 0.213. The summed E-state index contributed by atoms with van der Waals surface area (Å²) in [7, 11) is -3.65. The minimum atomic E-state index is -3.65. The van der Waals surface area contributed by atoms with Gasteiger partial charge in [0.05, 0.1) is 18.0 Å². The van der Waals surface area contributed by atoms with E-state index >= 15 is 0 Å². The predicted octanol–water partition coefficient (Wildman–Crippen LogP) is 0.948. The van der Waals surface area contributed by atoms with Gasteiger partial charge in [-0.15, -0.1) is 0 Å². The molecule has 0 aliphatic heterocycles. The van der Waals surface area contributed by atoms with Gasteiger partial charge in [0.2, 0.25) is 10.0 Å². The van der Waals surface area contributed by atoms with E-state index in [-0.39, 0.29) is 24.7 Å². The van der Waals surface area contributed by atoms with Crippen LogP contribution >= 0.6 is 0 Å². The first-order valence-electron chi connectivity index (χ1n) is 5.96. The maximum atomic E-state index is 13.7. The molecule has 0 unspecified atom stereocenters. The quantitative estimate of drug-likeness (QED) is 0.606. The molecule has 1 aromatic carbocycles. The first kappa shape index (κ1) is 16.4. The number of aliphatic hydroxyl groups excluding tert-OH is 1. The molecule has 2 N–H and O–H groups in total. The summed E-state index contributed by atoms with van der Waals surface area (Å²) in [6, 6.07) is 3.85. The lowest BCUT2D eigenvalue weighted by Gasteiger charge is -2.09. The second-order valence-electron chi connectivity index (χ2n) is 3.77. The Morgan fingerprint density at radius 2 is 2.20 bits per heavy atom. The van der Waals surface area contributed by atoms with Crippen molar-refractivity contribution in [3.8, 4) is 11.8 Å². The van der Waals surface area contributed by atoms with Gasteiger partial charge in [0.25, 0.3) is 0 Å². The zero-order valence-corrected chi connectivity index (χ0v) is 11.8. The van der Waals surface area contributed by atoms with Gasteiger partial charge in [0.1, 0.15) is 12.4 Å². The van der Waals surface area contributed by atoms with E-state index in [1.807, 2.05) is 0 Å². The first-order chi connectivity index (χ1) is 9.48. The second-order valence-corrected chi connectivity index (χ2v) is 5.61. The number of anilines is 1. The zero-order chi connectivity index (χ0) is 15.0. The zero-order valence-electron chi connectivity index (χ0n) is 11.0. The molecule has 110 valence electrons. The standard InChI is InChI=1S/C13H16FNO4S/c1-2-19-8-9-20(17,18)15-13-6-5-11(4-3-7-16)10-12(13)14/h5-6,10,15-16H,2,7-9H2,1H3. The molecule has 0 fully saturated rings. The molecule has 0 radical (unpaired) electrons. The number of halogens is 1. The normalized spacial score (nSPS) is 10.8. The lowest BCUT2D eigenvalue weighted by Crippen LogP contribution is -2.20. The van der Waals surface area contributed by atoms with E-state index in [1.54, 1.807) is 6.92 Å². The fourth-order valence-corrected chi connectivity index (χ4v) is 2.29. The van der Waals surface area contributed by atoms with Gasteiger partial charge in [-0.2, -0.15) is 0 Å². The number of sulfonamides is 1. The van der Waals surface area contributed by atoms with Crippen molar-refractivity contribution in [1.29, 1.82) is 0 Å². The van der Waals surface area contributed by atoms with Gasteiger partial charge in [0.15, 0.2) is 0 Å². The average molecular weight is 301 g/mol. The number of rotatable bonds is 6. The Labute approximate surface area is 117 Å².